The van der Waals surface area contributed by atoms with Gasteiger partial charge in [-0.15, -0.1) is 0 Å². The monoisotopic (exact) mass is 877 g/mol. The minimum Gasteiger partial charge on any atom is -0.477 e. The fraction of sp³-hybridized carbons (Fsp3) is 0.396. The van der Waals surface area contributed by atoms with Gasteiger partial charge in [-0.3, -0.25) is 0 Å². The first kappa shape index (κ1) is 43.3. The van der Waals surface area contributed by atoms with Crippen molar-refractivity contribution in [1.29, 1.82) is 0 Å². The van der Waals surface area contributed by atoms with E-state index in [9.17, 15) is 0 Å². The first-order chi connectivity index (χ1) is 27.1. The molecule has 3 unspecified atom stereocenters. The fourth-order valence-corrected chi connectivity index (χ4v) is 9.79. The molecule has 3 heterocycles. The van der Waals surface area contributed by atoms with Crippen molar-refractivity contribution < 1.29 is 47.3 Å². The summed E-state index contributed by atoms with van der Waals surface area (Å²) < 4.78 is 42.4. The number of aliphatic imine (C=N–C) groups is 1. The van der Waals surface area contributed by atoms with E-state index < -0.39 is 43.4 Å². The summed E-state index contributed by atoms with van der Waals surface area (Å²) in [7, 11) is -2.71. The van der Waals surface area contributed by atoms with Gasteiger partial charge >= 0.3 is 8.60 Å². The van der Waals surface area contributed by atoms with Crippen LogP contribution in [-0.4, -0.2) is 42.1 Å². The van der Waals surface area contributed by atoms with Gasteiger partial charge in [0.15, 0.2) is 22.6 Å². The summed E-state index contributed by atoms with van der Waals surface area (Å²) in [6.07, 6.45) is 12.7. The van der Waals surface area contributed by atoms with Crippen molar-refractivity contribution in [3.63, 3.8) is 0 Å². The van der Waals surface area contributed by atoms with E-state index in [0.29, 0.717) is 18.4 Å². The molecular weight excluding hydrogens is 820 g/mol. The van der Waals surface area contributed by atoms with Gasteiger partial charge in [-0.2, -0.15) is 13.6 Å². The predicted octanol–water partition coefficient (Wildman–Crippen LogP) is 11.3. The van der Waals surface area contributed by atoms with Crippen LogP contribution in [0.15, 0.2) is 151 Å². The molecule has 2 fully saturated rings. The van der Waals surface area contributed by atoms with Crippen LogP contribution >= 0.6 is 8.60 Å². The summed E-state index contributed by atoms with van der Waals surface area (Å²) in [5.41, 5.74) is 0.302. The molecule has 4 aliphatic rings. The average molecular weight is 878 g/mol. The van der Waals surface area contributed by atoms with Gasteiger partial charge in [0, 0.05) is 19.5 Å². The summed E-state index contributed by atoms with van der Waals surface area (Å²) in [6, 6.07) is 40.9. The zero-order valence-electron chi connectivity index (χ0n) is 33.9. The average Bonchev–Trinajstić information content (AvgIpc) is 3.81. The van der Waals surface area contributed by atoms with Gasteiger partial charge in [0.05, 0.1) is 6.04 Å². The first-order valence-electron chi connectivity index (χ1n) is 20.1. The van der Waals surface area contributed by atoms with Gasteiger partial charge in [-0.1, -0.05) is 159 Å². The number of hydrogen-bond donors (Lipinski definition) is 0. The summed E-state index contributed by atoms with van der Waals surface area (Å²) in [6.45, 7) is 12.7. The number of rotatable bonds is 8. The second-order valence-corrected chi connectivity index (χ2v) is 17.2. The summed E-state index contributed by atoms with van der Waals surface area (Å²) in [5, 5.41) is 0. The van der Waals surface area contributed by atoms with E-state index in [0.717, 1.165) is 22.3 Å². The van der Waals surface area contributed by atoms with Gasteiger partial charge in [0.25, 0.3) is 0 Å². The van der Waals surface area contributed by atoms with Crippen molar-refractivity contribution in [2.24, 2.45) is 10.9 Å². The molecule has 0 N–H and O–H groups in total. The SMILES string of the molecule is C1=CCCC=CCC1.CC(C)C1COC(C(C)(C)O[PH+]2OC(c3ccccc3)(c3ccccc3)C3OC(C)(C)OC3C(c3ccccc3)(c3ccccc3)O2)=N1.[Rh]. The Balaban J connectivity index is 0.000000546. The van der Waals surface area contributed by atoms with Crippen LogP contribution < -0.4 is 0 Å². The minimum atomic E-state index is -2.71. The van der Waals surface area contributed by atoms with Crippen LogP contribution in [-0.2, 0) is 58.5 Å². The van der Waals surface area contributed by atoms with Crippen LogP contribution in [0.25, 0.3) is 0 Å². The number of hydrogen-bond acceptors (Lipinski definition) is 7. The number of nitrogens with zero attached hydrogens (tertiary/aromatic N) is 1. The van der Waals surface area contributed by atoms with E-state index in [2.05, 4.69) is 86.7 Å². The molecule has 0 aromatic heterocycles. The molecule has 0 bridgehead atoms. The van der Waals surface area contributed by atoms with Crippen molar-refractivity contribution in [2.45, 2.75) is 108 Å². The fourth-order valence-electron chi connectivity index (χ4n) is 7.93. The smallest absolute Gasteiger partial charge is 0.401 e. The van der Waals surface area contributed by atoms with E-state index in [1.54, 1.807) is 0 Å². The summed E-state index contributed by atoms with van der Waals surface area (Å²) in [5.74, 6) is -0.0877. The Morgan fingerprint density at radius 2 is 0.965 bits per heavy atom. The van der Waals surface area contributed by atoms with Crippen LogP contribution in [0, 0.1) is 5.92 Å². The molecular formula is C48H57NO6PRh+. The molecule has 0 amide bonds. The largest absolute Gasteiger partial charge is 0.477 e. The topological polar surface area (TPSA) is 67.7 Å². The van der Waals surface area contributed by atoms with Crippen LogP contribution in [0.4, 0.5) is 0 Å². The second-order valence-electron chi connectivity index (χ2n) is 16.1. The van der Waals surface area contributed by atoms with Crippen molar-refractivity contribution >= 4 is 14.5 Å². The number of ether oxygens (including phenoxy) is 3. The molecule has 3 atom stereocenters. The minimum absolute atomic E-state index is 0. The molecule has 303 valence electrons. The standard InChI is InChI=1S/C40H45NO6P.C8H12.Rh/c1-28(2)33-27-42-36(41-33)37(3,4)45-48-46-39(29-19-11-7-12-20-29,30-21-13-8-14-22-30)34-35(44-38(5,6)43-34)40(47-48,31-23-15-9-16-24-31)32-25-17-10-18-26-32;1-2-4-6-8-7-5-3-1;/h7-26,28,33-35,48H,27H2,1-6H3;1-2,7-8H,3-6H2;/q+1;;. The normalized spacial score (nSPS) is 24.6. The predicted molar refractivity (Wildman–Crippen MR) is 226 cm³/mol. The molecule has 7 nitrogen and oxygen atoms in total. The Labute approximate surface area is 353 Å². The third-order valence-corrected chi connectivity index (χ3v) is 12.5. The van der Waals surface area contributed by atoms with Crippen LogP contribution in [0.2, 0.25) is 0 Å². The van der Waals surface area contributed by atoms with Gasteiger partial charge in [0.1, 0.15) is 18.8 Å². The Bertz CT molecular complexity index is 1750. The molecule has 9 heteroatoms. The number of benzene rings is 4. The Morgan fingerprint density at radius 1 is 0.614 bits per heavy atom. The number of allylic oxidation sites excluding steroid dienone is 4. The van der Waals surface area contributed by atoms with E-state index in [1.807, 2.05) is 100 Å². The Hall–Kier alpha value is -3.32. The van der Waals surface area contributed by atoms with Crippen LogP contribution in [0.1, 0.15) is 89.5 Å². The molecule has 1 aliphatic carbocycles. The van der Waals surface area contributed by atoms with Crippen molar-refractivity contribution in [2.75, 3.05) is 6.61 Å². The van der Waals surface area contributed by atoms with E-state index >= 15 is 0 Å². The van der Waals surface area contributed by atoms with E-state index in [1.165, 1.54) is 25.7 Å². The maximum atomic E-state index is 7.49. The molecule has 1 radical (unpaired) electrons. The van der Waals surface area contributed by atoms with Crippen LogP contribution in [0.3, 0.4) is 0 Å². The third-order valence-electron chi connectivity index (χ3n) is 10.8. The van der Waals surface area contributed by atoms with Crippen molar-refractivity contribution in [3.8, 4) is 0 Å². The molecule has 0 saturated carbocycles. The third kappa shape index (κ3) is 9.29. The summed E-state index contributed by atoms with van der Waals surface area (Å²) >= 11 is 0. The maximum Gasteiger partial charge on any atom is 0.401 e. The van der Waals surface area contributed by atoms with Crippen molar-refractivity contribution in [1.82, 2.24) is 0 Å². The molecule has 4 aromatic rings. The zero-order chi connectivity index (χ0) is 39.2. The second kappa shape index (κ2) is 18.7. The molecule has 4 aromatic carbocycles. The number of fused-ring (bicyclic) bond motifs is 1. The van der Waals surface area contributed by atoms with Gasteiger partial charge in [-0.05, 0) is 81.5 Å². The quantitative estimate of drug-likeness (QED) is 0.0998. The zero-order valence-corrected chi connectivity index (χ0v) is 36.6. The first-order valence-corrected chi connectivity index (χ1v) is 21.3. The van der Waals surface area contributed by atoms with Gasteiger partial charge < -0.3 is 14.2 Å². The molecule has 0 spiro atoms. The maximum absolute atomic E-state index is 7.49. The molecule has 57 heavy (non-hydrogen) atoms. The van der Waals surface area contributed by atoms with Gasteiger partial charge in [-0.25, -0.2) is 4.99 Å². The summed E-state index contributed by atoms with van der Waals surface area (Å²) in [4.78, 5) is 4.96. The van der Waals surface area contributed by atoms with E-state index in [-0.39, 0.29) is 25.5 Å². The van der Waals surface area contributed by atoms with Crippen LogP contribution in [0.5, 0.6) is 0 Å². The van der Waals surface area contributed by atoms with E-state index in [4.69, 9.17) is 32.8 Å². The van der Waals surface area contributed by atoms with Gasteiger partial charge in [0.2, 0.25) is 5.90 Å². The molecule has 8 rings (SSSR count). The Morgan fingerprint density at radius 3 is 1.28 bits per heavy atom. The molecule has 3 aliphatic heterocycles. The Kier molecular flexibility index (Phi) is 14.2. The van der Waals surface area contributed by atoms with Crippen molar-refractivity contribution in [3.05, 3.63) is 168 Å². The molecule has 2 saturated heterocycles.